The number of rotatable bonds is 2. The molecule has 3 aromatic rings. The Morgan fingerprint density at radius 1 is 1.12 bits per heavy atom. The van der Waals surface area contributed by atoms with Crippen molar-refractivity contribution in [1.29, 1.82) is 0 Å². The monoisotopic (exact) mass is 448 g/mol. The highest BCUT2D eigenvalue weighted by atomic mass is 19.1. The Morgan fingerprint density at radius 3 is 2.58 bits per heavy atom. The first kappa shape index (κ1) is 20.2. The van der Waals surface area contributed by atoms with Gasteiger partial charge in [0.2, 0.25) is 0 Å². The number of hydrogen-bond acceptors (Lipinski definition) is 5. The second-order valence-corrected chi connectivity index (χ2v) is 9.19. The van der Waals surface area contributed by atoms with Gasteiger partial charge in [-0.25, -0.2) is 14.1 Å². The van der Waals surface area contributed by atoms with Crippen LogP contribution in [0.5, 0.6) is 11.5 Å². The maximum atomic E-state index is 14.9. The summed E-state index contributed by atoms with van der Waals surface area (Å²) < 4.78 is 27.9. The lowest BCUT2D eigenvalue weighted by Crippen LogP contribution is -2.48. The Balaban J connectivity index is 1.39. The SMILES string of the molecule is CC1c2cc3c(cc2C2(CCCC2)CN1C(=O)c1ccc(-n2cncn2)c(F)c1)OCCO3. The molecule has 2 aromatic carbocycles. The molecule has 33 heavy (non-hydrogen) atoms. The summed E-state index contributed by atoms with van der Waals surface area (Å²) in [4.78, 5) is 19.4. The average molecular weight is 448 g/mol. The Kier molecular flexibility index (Phi) is 4.64. The molecule has 1 spiro atoms. The first-order valence-electron chi connectivity index (χ1n) is 11.5. The molecule has 0 bridgehead atoms. The van der Waals surface area contributed by atoms with Crippen LogP contribution < -0.4 is 9.47 Å². The number of carbonyl (C=O) groups is 1. The van der Waals surface area contributed by atoms with Crippen molar-refractivity contribution < 1.29 is 18.7 Å². The van der Waals surface area contributed by atoms with Gasteiger partial charge in [-0.3, -0.25) is 4.79 Å². The molecule has 6 rings (SSSR count). The van der Waals surface area contributed by atoms with Gasteiger partial charge in [0.25, 0.3) is 5.91 Å². The maximum absolute atomic E-state index is 14.9. The number of fused-ring (bicyclic) bond motifs is 3. The molecule has 3 aliphatic rings. The van der Waals surface area contributed by atoms with E-state index in [0.29, 0.717) is 25.3 Å². The highest BCUT2D eigenvalue weighted by molar-refractivity contribution is 5.95. The predicted octanol–water partition coefficient (Wildman–Crippen LogP) is 4.21. The lowest BCUT2D eigenvalue weighted by molar-refractivity contribution is 0.0592. The van der Waals surface area contributed by atoms with Crippen molar-refractivity contribution in [3.8, 4) is 17.2 Å². The van der Waals surface area contributed by atoms with E-state index in [1.165, 1.54) is 29.0 Å². The Bertz CT molecular complexity index is 1220. The van der Waals surface area contributed by atoms with Crippen molar-refractivity contribution in [2.45, 2.75) is 44.1 Å². The van der Waals surface area contributed by atoms with Crippen molar-refractivity contribution in [3.05, 3.63) is 65.5 Å². The van der Waals surface area contributed by atoms with E-state index < -0.39 is 5.82 Å². The van der Waals surface area contributed by atoms with Crippen LogP contribution in [-0.4, -0.2) is 45.3 Å². The number of halogens is 1. The van der Waals surface area contributed by atoms with Crippen LogP contribution >= 0.6 is 0 Å². The molecule has 1 saturated carbocycles. The number of nitrogens with zero attached hydrogens (tertiary/aromatic N) is 4. The fourth-order valence-electron chi connectivity index (χ4n) is 5.68. The highest BCUT2D eigenvalue weighted by Gasteiger charge is 2.46. The quantitative estimate of drug-likeness (QED) is 0.588. The smallest absolute Gasteiger partial charge is 0.254 e. The summed E-state index contributed by atoms with van der Waals surface area (Å²) in [6.45, 7) is 3.72. The van der Waals surface area contributed by atoms with Gasteiger partial charge in [-0.1, -0.05) is 12.8 Å². The molecule has 170 valence electrons. The van der Waals surface area contributed by atoms with Gasteiger partial charge in [0.1, 0.15) is 37.4 Å². The summed E-state index contributed by atoms with van der Waals surface area (Å²) in [5.41, 5.74) is 2.86. The second kappa shape index (κ2) is 7.57. The summed E-state index contributed by atoms with van der Waals surface area (Å²) in [7, 11) is 0. The maximum Gasteiger partial charge on any atom is 0.254 e. The van der Waals surface area contributed by atoms with E-state index in [-0.39, 0.29) is 23.1 Å². The van der Waals surface area contributed by atoms with Gasteiger partial charge < -0.3 is 14.4 Å². The van der Waals surface area contributed by atoms with Gasteiger partial charge in [0.15, 0.2) is 11.5 Å². The summed E-state index contributed by atoms with van der Waals surface area (Å²) in [6.07, 6.45) is 7.09. The van der Waals surface area contributed by atoms with Crippen molar-refractivity contribution in [2.75, 3.05) is 19.8 Å². The molecule has 0 radical (unpaired) electrons. The summed E-state index contributed by atoms with van der Waals surface area (Å²) in [5.74, 6) is 0.853. The van der Waals surface area contributed by atoms with Gasteiger partial charge in [0, 0.05) is 17.5 Å². The molecule has 0 N–H and O–H groups in total. The number of amides is 1. The Hall–Kier alpha value is -3.42. The third-order valence-electron chi connectivity index (χ3n) is 7.36. The summed E-state index contributed by atoms with van der Waals surface area (Å²) in [5, 5.41) is 3.98. The first-order chi connectivity index (χ1) is 16.1. The summed E-state index contributed by atoms with van der Waals surface area (Å²) in [6, 6.07) is 8.56. The normalized spacial score (nSPS) is 20.7. The van der Waals surface area contributed by atoms with Crippen molar-refractivity contribution in [1.82, 2.24) is 19.7 Å². The third kappa shape index (κ3) is 3.19. The van der Waals surface area contributed by atoms with E-state index in [1.54, 1.807) is 12.1 Å². The van der Waals surface area contributed by atoms with Gasteiger partial charge in [-0.05, 0) is 61.2 Å². The van der Waals surface area contributed by atoms with Crippen molar-refractivity contribution in [3.63, 3.8) is 0 Å². The second-order valence-electron chi connectivity index (χ2n) is 9.19. The lowest BCUT2D eigenvalue weighted by Gasteiger charge is -2.46. The standard InChI is InChI=1S/C25H25FN4O3/c1-16-18-11-22-23(33-9-8-32-22)12-19(18)25(6-2-3-7-25)13-29(16)24(31)17-4-5-21(20(26)10-17)30-15-27-14-28-30/h4-5,10-12,14-16H,2-3,6-9,13H2,1H3. The molecule has 1 unspecified atom stereocenters. The lowest BCUT2D eigenvalue weighted by atomic mass is 9.71. The molecular weight excluding hydrogens is 423 g/mol. The number of ether oxygens (including phenoxy) is 2. The zero-order valence-electron chi connectivity index (χ0n) is 18.5. The van der Waals surface area contributed by atoms with Crippen LogP contribution in [0, 0.1) is 5.82 Å². The van der Waals surface area contributed by atoms with Crippen molar-refractivity contribution >= 4 is 5.91 Å². The fourth-order valence-corrected chi connectivity index (χ4v) is 5.68. The van der Waals surface area contributed by atoms with E-state index in [0.717, 1.165) is 42.7 Å². The minimum atomic E-state index is -0.508. The topological polar surface area (TPSA) is 69.5 Å². The van der Waals surface area contributed by atoms with E-state index >= 15 is 0 Å². The molecule has 8 heteroatoms. The number of hydrogen-bond donors (Lipinski definition) is 0. The van der Waals surface area contributed by atoms with E-state index in [2.05, 4.69) is 16.1 Å². The number of benzene rings is 2. The first-order valence-corrected chi connectivity index (χ1v) is 11.5. The van der Waals surface area contributed by atoms with Crippen LogP contribution in [0.1, 0.15) is 60.1 Å². The van der Waals surface area contributed by atoms with Gasteiger partial charge in [-0.15, -0.1) is 0 Å². The zero-order chi connectivity index (χ0) is 22.6. The Morgan fingerprint density at radius 2 is 1.88 bits per heavy atom. The van der Waals surface area contributed by atoms with Crippen LogP contribution in [0.4, 0.5) is 4.39 Å². The molecule has 3 heterocycles. The van der Waals surface area contributed by atoms with E-state index in [9.17, 15) is 9.18 Å². The van der Waals surface area contributed by atoms with Gasteiger partial charge in [-0.2, -0.15) is 5.10 Å². The Labute approximate surface area is 191 Å². The molecule has 1 amide bonds. The minimum absolute atomic E-state index is 0.105. The van der Waals surface area contributed by atoms with Crippen LogP contribution in [0.3, 0.4) is 0 Å². The molecule has 1 atom stereocenters. The molecule has 1 aliphatic carbocycles. The zero-order valence-corrected chi connectivity index (χ0v) is 18.5. The number of carbonyl (C=O) groups excluding carboxylic acids is 1. The van der Waals surface area contributed by atoms with Crippen LogP contribution in [0.2, 0.25) is 0 Å². The van der Waals surface area contributed by atoms with Crippen LogP contribution in [0.15, 0.2) is 43.0 Å². The molecule has 0 saturated heterocycles. The fraction of sp³-hybridized carbons (Fsp3) is 0.400. The third-order valence-corrected chi connectivity index (χ3v) is 7.36. The molecule has 7 nitrogen and oxygen atoms in total. The molecule has 2 aliphatic heterocycles. The highest BCUT2D eigenvalue weighted by Crippen LogP contribution is 2.52. The largest absolute Gasteiger partial charge is 0.486 e. The van der Waals surface area contributed by atoms with Gasteiger partial charge in [0.05, 0.1) is 6.04 Å². The van der Waals surface area contributed by atoms with E-state index in [1.807, 2.05) is 17.9 Å². The molecular formula is C25H25FN4O3. The number of aromatic nitrogens is 3. The van der Waals surface area contributed by atoms with E-state index in [4.69, 9.17) is 9.47 Å². The molecule has 1 aromatic heterocycles. The van der Waals surface area contributed by atoms with Crippen LogP contribution in [-0.2, 0) is 5.41 Å². The predicted molar refractivity (Wildman–Crippen MR) is 118 cm³/mol. The average Bonchev–Trinajstić information content (AvgIpc) is 3.53. The minimum Gasteiger partial charge on any atom is -0.486 e. The van der Waals surface area contributed by atoms with Crippen LogP contribution in [0.25, 0.3) is 5.69 Å². The molecule has 1 fully saturated rings. The van der Waals surface area contributed by atoms with Crippen molar-refractivity contribution in [2.24, 2.45) is 0 Å². The van der Waals surface area contributed by atoms with Gasteiger partial charge >= 0.3 is 0 Å². The summed E-state index contributed by atoms with van der Waals surface area (Å²) >= 11 is 0.